The number of rotatable bonds is 4. The van der Waals surface area contributed by atoms with Crippen LogP contribution >= 0.6 is 0 Å². The number of allylic oxidation sites excluding steroid dienone is 2. The maximum Gasteiger partial charge on any atom is 0.123 e. The fourth-order valence-electron chi connectivity index (χ4n) is 4.73. The molecule has 2 aliphatic rings. The Hall–Kier alpha value is -1.55. The number of halogens is 1. The van der Waals surface area contributed by atoms with E-state index in [1.165, 1.54) is 69.8 Å². The van der Waals surface area contributed by atoms with Crippen LogP contribution in [0.2, 0.25) is 0 Å². The maximum absolute atomic E-state index is 13.1. The third kappa shape index (κ3) is 5.73. The first-order valence-electron chi connectivity index (χ1n) is 10.7. The molecule has 0 radical (unpaired) electrons. The van der Waals surface area contributed by atoms with Crippen LogP contribution in [-0.2, 0) is 0 Å². The molecule has 0 nitrogen and oxygen atoms in total. The molecule has 3 rings (SSSR count). The summed E-state index contributed by atoms with van der Waals surface area (Å²) in [5, 5.41) is 0. The van der Waals surface area contributed by atoms with Gasteiger partial charge in [-0.1, -0.05) is 49.8 Å². The van der Waals surface area contributed by atoms with Crippen LogP contribution in [0.5, 0.6) is 0 Å². The zero-order valence-corrected chi connectivity index (χ0v) is 16.2. The van der Waals surface area contributed by atoms with Crippen molar-refractivity contribution in [3.63, 3.8) is 0 Å². The Bertz CT molecular complexity index is 614. The van der Waals surface area contributed by atoms with Crippen molar-refractivity contribution in [2.45, 2.75) is 77.0 Å². The van der Waals surface area contributed by atoms with Gasteiger partial charge in [0, 0.05) is 5.92 Å². The summed E-state index contributed by atoms with van der Waals surface area (Å²) in [6, 6.07) is 7.07. The standard InChI is InChI=1S/C25H33F/c1-2-5-20-8-10-21(11-9-20)6-3-4-7-22-12-14-23(15-13-22)24-16-18-25(26)19-17-24/h3,6,16-23H,2,5,8-15H2,1H3/b6-3+/t20-,21-,22-,23-. The average Bonchev–Trinajstić information content (AvgIpc) is 2.68. The van der Waals surface area contributed by atoms with E-state index in [0.29, 0.717) is 11.8 Å². The van der Waals surface area contributed by atoms with Gasteiger partial charge in [-0.2, -0.15) is 0 Å². The van der Waals surface area contributed by atoms with Crippen molar-refractivity contribution >= 4 is 0 Å². The maximum atomic E-state index is 13.1. The molecule has 140 valence electrons. The number of hydrogen-bond donors (Lipinski definition) is 0. The van der Waals surface area contributed by atoms with E-state index >= 15 is 0 Å². The molecule has 0 spiro atoms. The Labute approximate surface area is 159 Å². The van der Waals surface area contributed by atoms with Crippen LogP contribution < -0.4 is 0 Å². The second-order valence-corrected chi connectivity index (χ2v) is 8.32. The van der Waals surface area contributed by atoms with Crippen LogP contribution in [0.1, 0.15) is 82.6 Å². The van der Waals surface area contributed by atoms with Crippen molar-refractivity contribution < 1.29 is 4.39 Å². The molecule has 0 atom stereocenters. The Morgan fingerprint density at radius 1 is 0.962 bits per heavy atom. The van der Waals surface area contributed by atoms with E-state index in [1.807, 2.05) is 12.1 Å². The first kappa shape index (κ1) is 19.2. The van der Waals surface area contributed by atoms with E-state index < -0.39 is 0 Å². The summed E-state index contributed by atoms with van der Waals surface area (Å²) in [7, 11) is 0. The predicted molar refractivity (Wildman–Crippen MR) is 108 cm³/mol. The molecule has 2 saturated carbocycles. The van der Waals surface area contributed by atoms with Gasteiger partial charge >= 0.3 is 0 Å². The van der Waals surface area contributed by atoms with Gasteiger partial charge in [0.2, 0.25) is 0 Å². The molecular weight excluding hydrogens is 319 g/mol. The molecule has 2 aliphatic carbocycles. The molecule has 0 N–H and O–H groups in total. The monoisotopic (exact) mass is 352 g/mol. The van der Waals surface area contributed by atoms with Gasteiger partial charge in [0.05, 0.1) is 0 Å². The molecule has 0 aromatic heterocycles. The topological polar surface area (TPSA) is 0 Å². The van der Waals surface area contributed by atoms with Crippen molar-refractivity contribution in [1.82, 2.24) is 0 Å². The molecule has 2 fully saturated rings. The summed E-state index contributed by atoms with van der Waals surface area (Å²) in [4.78, 5) is 0. The highest BCUT2D eigenvalue weighted by atomic mass is 19.1. The molecule has 0 amide bonds. The summed E-state index contributed by atoms with van der Waals surface area (Å²) < 4.78 is 13.1. The highest BCUT2D eigenvalue weighted by Crippen LogP contribution is 2.35. The lowest BCUT2D eigenvalue weighted by Gasteiger charge is -2.26. The van der Waals surface area contributed by atoms with E-state index in [2.05, 4.69) is 30.9 Å². The van der Waals surface area contributed by atoms with Crippen molar-refractivity contribution in [2.24, 2.45) is 17.8 Å². The summed E-state index contributed by atoms with van der Waals surface area (Å²) >= 11 is 0. The minimum absolute atomic E-state index is 0.140. The zero-order chi connectivity index (χ0) is 18.2. The molecule has 1 heteroatoms. The summed E-state index contributed by atoms with van der Waals surface area (Å²) in [5.41, 5.74) is 1.29. The number of benzene rings is 1. The Morgan fingerprint density at radius 3 is 2.31 bits per heavy atom. The lowest BCUT2D eigenvalue weighted by atomic mass is 9.79. The second-order valence-electron chi connectivity index (χ2n) is 8.32. The predicted octanol–water partition coefficient (Wildman–Crippen LogP) is 7.27. The van der Waals surface area contributed by atoms with Crippen molar-refractivity contribution in [2.75, 3.05) is 0 Å². The summed E-state index contributed by atoms with van der Waals surface area (Å²) in [6.07, 6.45) is 17.4. The Morgan fingerprint density at radius 2 is 1.65 bits per heavy atom. The summed E-state index contributed by atoms with van der Waals surface area (Å²) in [5.74, 6) is 9.51. The molecule has 26 heavy (non-hydrogen) atoms. The van der Waals surface area contributed by atoms with Crippen LogP contribution in [0.4, 0.5) is 4.39 Å². The fraction of sp³-hybridized carbons (Fsp3) is 0.600. The molecule has 0 aliphatic heterocycles. The quantitative estimate of drug-likeness (QED) is 0.500. The van der Waals surface area contributed by atoms with Crippen LogP contribution in [0.15, 0.2) is 36.4 Å². The highest BCUT2D eigenvalue weighted by Gasteiger charge is 2.21. The van der Waals surface area contributed by atoms with Crippen LogP contribution in [-0.4, -0.2) is 0 Å². The first-order chi connectivity index (χ1) is 12.7. The first-order valence-corrected chi connectivity index (χ1v) is 10.7. The number of hydrogen-bond acceptors (Lipinski definition) is 0. The Kier molecular flexibility index (Phi) is 7.36. The van der Waals surface area contributed by atoms with Gasteiger partial charge in [0.15, 0.2) is 0 Å². The minimum Gasteiger partial charge on any atom is -0.207 e. The van der Waals surface area contributed by atoms with Crippen LogP contribution in [0.3, 0.4) is 0 Å². The minimum atomic E-state index is -0.140. The smallest absolute Gasteiger partial charge is 0.123 e. The SMILES string of the molecule is CCC[C@H]1CC[C@H](/C=C/C#C[C@H]2CC[C@H](c3ccc(F)cc3)CC2)CC1. The molecule has 0 heterocycles. The van der Waals surface area contributed by atoms with Gasteiger partial charge in [-0.25, -0.2) is 4.39 Å². The third-order valence-corrected chi connectivity index (χ3v) is 6.40. The van der Waals surface area contributed by atoms with Gasteiger partial charge < -0.3 is 0 Å². The molecule has 0 saturated heterocycles. The molecule has 1 aromatic carbocycles. The van der Waals surface area contributed by atoms with Gasteiger partial charge in [-0.15, -0.1) is 0 Å². The van der Waals surface area contributed by atoms with Crippen molar-refractivity contribution in [1.29, 1.82) is 0 Å². The van der Waals surface area contributed by atoms with Gasteiger partial charge in [0.25, 0.3) is 0 Å². The van der Waals surface area contributed by atoms with E-state index in [-0.39, 0.29) is 5.82 Å². The van der Waals surface area contributed by atoms with Gasteiger partial charge in [0.1, 0.15) is 5.82 Å². The van der Waals surface area contributed by atoms with Crippen LogP contribution in [0, 0.1) is 35.4 Å². The average molecular weight is 353 g/mol. The Balaban J connectivity index is 1.39. The van der Waals surface area contributed by atoms with Crippen molar-refractivity contribution in [3.8, 4) is 11.8 Å². The molecule has 1 aromatic rings. The molecular formula is C25H33F. The van der Waals surface area contributed by atoms with E-state index in [9.17, 15) is 4.39 Å². The largest absolute Gasteiger partial charge is 0.207 e. The van der Waals surface area contributed by atoms with E-state index in [0.717, 1.165) is 11.8 Å². The van der Waals surface area contributed by atoms with Crippen LogP contribution in [0.25, 0.3) is 0 Å². The zero-order valence-electron chi connectivity index (χ0n) is 16.2. The van der Waals surface area contributed by atoms with Gasteiger partial charge in [-0.3, -0.25) is 0 Å². The normalized spacial score (nSPS) is 29.3. The highest BCUT2D eigenvalue weighted by molar-refractivity contribution is 5.23. The van der Waals surface area contributed by atoms with E-state index in [1.54, 1.807) is 12.1 Å². The summed E-state index contributed by atoms with van der Waals surface area (Å²) in [6.45, 7) is 2.30. The van der Waals surface area contributed by atoms with E-state index in [4.69, 9.17) is 0 Å². The van der Waals surface area contributed by atoms with Gasteiger partial charge in [-0.05, 0) is 92.9 Å². The van der Waals surface area contributed by atoms with Crippen molar-refractivity contribution in [3.05, 3.63) is 47.8 Å². The fourth-order valence-corrected chi connectivity index (χ4v) is 4.73. The lowest BCUT2D eigenvalue weighted by Crippen LogP contribution is -2.12. The molecule has 0 bridgehead atoms. The lowest BCUT2D eigenvalue weighted by molar-refractivity contribution is 0.294. The molecule has 0 unspecified atom stereocenters. The third-order valence-electron chi connectivity index (χ3n) is 6.40. The second kappa shape index (κ2) is 9.96.